The van der Waals surface area contributed by atoms with Crippen LogP contribution < -0.4 is 9.64 Å². The van der Waals surface area contributed by atoms with Crippen LogP contribution in [0.3, 0.4) is 0 Å². The van der Waals surface area contributed by atoms with E-state index in [4.69, 9.17) is 4.74 Å². The van der Waals surface area contributed by atoms with Crippen molar-refractivity contribution in [1.29, 1.82) is 0 Å². The number of amides is 1. The van der Waals surface area contributed by atoms with Crippen LogP contribution in [0, 0.1) is 6.92 Å². The van der Waals surface area contributed by atoms with E-state index in [1.165, 1.54) is 23.1 Å². The van der Waals surface area contributed by atoms with Crippen LogP contribution in [0.15, 0.2) is 42.5 Å². The molecule has 1 heterocycles. The third-order valence-corrected chi connectivity index (χ3v) is 4.30. The summed E-state index contributed by atoms with van der Waals surface area (Å²) in [6.07, 6.45) is 0. The molecule has 6 nitrogen and oxygen atoms in total. The van der Waals surface area contributed by atoms with E-state index < -0.39 is 17.5 Å². The number of aryl methyl sites for hydroxylation is 1. The number of rotatable bonds is 4. The second kappa shape index (κ2) is 6.29. The maximum Gasteiger partial charge on any atom is 0.335 e. The predicted molar refractivity (Wildman–Crippen MR) is 96.0 cm³/mol. The Kier molecular flexibility index (Phi) is 4.28. The van der Waals surface area contributed by atoms with Gasteiger partial charge in [-0.1, -0.05) is 29.8 Å². The average Bonchev–Trinajstić information content (AvgIpc) is 2.58. The Morgan fingerprint density at radius 1 is 1.08 bits per heavy atom. The number of nitrogens with zero attached hydrogens (tertiary/aromatic N) is 1. The molecule has 0 saturated heterocycles. The number of anilines is 1. The first-order chi connectivity index (χ1) is 12.2. The third-order valence-electron chi connectivity index (χ3n) is 4.30. The molecular formula is C20H19NO5. The van der Waals surface area contributed by atoms with E-state index in [-0.39, 0.29) is 23.6 Å². The monoisotopic (exact) mass is 353 g/mol. The molecule has 0 atom stereocenters. The Bertz CT molecular complexity index is 899. The lowest BCUT2D eigenvalue weighted by Gasteiger charge is -2.38. The van der Waals surface area contributed by atoms with Gasteiger partial charge < -0.3 is 9.84 Å². The third kappa shape index (κ3) is 3.18. The smallest absolute Gasteiger partial charge is 0.335 e. The molecule has 6 heteroatoms. The SMILES string of the molecule is Cc1ccc(C(=O)CN2C(=O)C(C)(C)Oc3ccc(C(=O)O)cc32)cc1. The topological polar surface area (TPSA) is 83.9 Å². The number of benzene rings is 2. The van der Waals surface area contributed by atoms with Crippen LogP contribution in [0.4, 0.5) is 5.69 Å². The second-order valence-corrected chi connectivity index (χ2v) is 6.78. The van der Waals surface area contributed by atoms with Crippen LogP contribution in [0.25, 0.3) is 0 Å². The lowest BCUT2D eigenvalue weighted by Crippen LogP contribution is -2.53. The summed E-state index contributed by atoms with van der Waals surface area (Å²) < 4.78 is 5.70. The first kappa shape index (κ1) is 17.7. The van der Waals surface area contributed by atoms with Crippen LogP contribution in [0.1, 0.15) is 40.1 Å². The molecule has 0 aliphatic carbocycles. The summed E-state index contributed by atoms with van der Waals surface area (Å²) in [6.45, 7) is 4.97. The summed E-state index contributed by atoms with van der Waals surface area (Å²) in [5.41, 5.74) is 0.679. The molecule has 0 bridgehead atoms. The highest BCUT2D eigenvalue weighted by molar-refractivity contribution is 6.10. The minimum absolute atomic E-state index is 0.0210. The van der Waals surface area contributed by atoms with E-state index in [9.17, 15) is 19.5 Å². The summed E-state index contributed by atoms with van der Waals surface area (Å²) in [7, 11) is 0. The Labute approximate surface area is 151 Å². The van der Waals surface area contributed by atoms with Crippen molar-refractivity contribution >= 4 is 23.3 Å². The normalized spacial score (nSPS) is 15.2. The number of aromatic carboxylic acids is 1. The van der Waals surface area contributed by atoms with Gasteiger partial charge in [0.1, 0.15) is 5.75 Å². The van der Waals surface area contributed by atoms with Crippen molar-refractivity contribution < 1.29 is 24.2 Å². The molecule has 3 rings (SSSR count). The summed E-state index contributed by atoms with van der Waals surface area (Å²) in [6, 6.07) is 11.4. The summed E-state index contributed by atoms with van der Waals surface area (Å²) in [5.74, 6) is -1.37. The first-order valence-corrected chi connectivity index (χ1v) is 8.17. The van der Waals surface area contributed by atoms with Crippen molar-refractivity contribution in [3.05, 3.63) is 59.2 Å². The van der Waals surface area contributed by atoms with Crippen LogP contribution in [0.5, 0.6) is 5.75 Å². The standard InChI is InChI=1S/C20H19NO5/c1-12-4-6-13(7-5-12)16(22)11-21-15-10-14(18(23)24)8-9-17(15)26-20(2,3)19(21)25/h4-10H,11H2,1-3H3,(H,23,24). The lowest BCUT2D eigenvalue weighted by atomic mass is 10.0. The number of hydrogen-bond donors (Lipinski definition) is 1. The van der Waals surface area contributed by atoms with Crippen molar-refractivity contribution in [2.45, 2.75) is 26.4 Å². The number of hydrogen-bond acceptors (Lipinski definition) is 4. The van der Waals surface area contributed by atoms with Crippen LogP contribution in [-0.2, 0) is 4.79 Å². The van der Waals surface area contributed by atoms with Crippen molar-refractivity contribution in [3.8, 4) is 5.75 Å². The molecule has 0 unspecified atom stereocenters. The van der Waals surface area contributed by atoms with E-state index >= 15 is 0 Å². The van der Waals surface area contributed by atoms with Gasteiger partial charge in [0.25, 0.3) is 5.91 Å². The fourth-order valence-corrected chi connectivity index (χ4v) is 2.83. The Morgan fingerprint density at radius 2 is 1.69 bits per heavy atom. The van der Waals surface area contributed by atoms with E-state index in [1.807, 2.05) is 19.1 Å². The molecule has 1 N–H and O–H groups in total. The molecule has 134 valence electrons. The molecule has 1 aliphatic rings. The molecule has 26 heavy (non-hydrogen) atoms. The van der Waals surface area contributed by atoms with E-state index in [2.05, 4.69) is 0 Å². The zero-order valence-electron chi connectivity index (χ0n) is 14.8. The van der Waals surface area contributed by atoms with Crippen molar-refractivity contribution in [2.24, 2.45) is 0 Å². The first-order valence-electron chi connectivity index (χ1n) is 8.17. The number of carbonyl (C=O) groups excluding carboxylic acids is 2. The highest BCUT2D eigenvalue weighted by atomic mass is 16.5. The number of ether oxygens (including phenoxy) is 1. The van der Waals surface area contributed by atoms with Crippen LogP contribution in [0.2, 0.25) is 0 Å². The number of Topliss-reactive ketones (excluding diaryl/α,β-unsaturated/α-hetero) is 1. The summed E-state index contributed by atoms with van der Waals surface area (Å²) >= 11 is 0. The predicted octanol–water partition coefficient (Wildman–Crippen LogP) is 3.08. The van der Waals surface area contributed by atoms with E-state index in [0.29, 0.717) is 11.3 Å². The molecule has 2 aromatic rings. The largest absolute Gasteiger partial charge is 0.478 e. The number of carbonyl (C=O) groups is 3. The van der Waals surface area contributed by atoms with Crippen molar-refractivity contribution in [2.75, 3.05) is 11.4 Å². The number of carboxylic acid groups (broad SMARTS) is 1. The molecule has 0 saturated carbocycles. The molecule has 1 aliphatic heterocycles. The number of ketones is 1. The van der Waals surface area contributed by atoms with Gasteiger partial charge in [-0.15, -0.1) is 0 Å². The van der Waals surface area contributed by atoms with Gasteiger partial charge in [0.2, 0.25) is 0 Å². The second-order valence-electron chi connectivity index (χ2n) is 6.78. The fourth-order valence-electron chi connectivity index (χ4n) is 2.83. The maximum atomic E-state index is 12.8. The highest BCUT2D eigenvalue weighted by Crippen LogP contribution is 2.38. The molecule has 0 fully saturated rings. The van der Waals surface area contributed by atoms with Crippen LogP contribution in [-0.4, -0.2) is 34.9 Å². The summed E-state index contributed by atoms with van der Waals surface area (Å²) in [5, 5.41) is 9.22. The molecule has 2 aromatic carbocycles. The zero-order valence-corrected chi connectivity index (χ0v) is 14.8. The Balaban J connectivity index is 2.00. The van der Waals surface area contributed by atoms with Crippen molar-refractivity contribution in [1.82, 2.24) is 0 Å². The molecule has 1 amide bonds. The van der Waals surface area contributed by atoms with Crippen molar-refractivity contribution in [3.63, 3.8) is 0 Å². The minimum atomic E-state index is -1.15. The van der Waals surface area contributed by atoms with Gasteiger partial charge in [0.15, 0.2) is 11.4 Å². The summed E-state index contributed by atoms with van der Waals surface area (Å²) in [4.78, 5) is 38.0. The van der Waals surface area contributed by atoms with Gasteiger partial charge in [-0.05, 0) is 39.0 Å². The lowest BCUT2D eigenvalue weighted by molar-refractivity contribution is -0.132. The zero-order chi connectivity index (χ0) is 19.1. The van der Waals surface area contributed by atoms with Gasteiger partial charge in [0, 0.05) is 5.56 Å². The number of fused-ring (bicyclic) bond motifs is 1. The Hall–Kier alpha value is -3.15. The number of carboxylic acids is 1. The van der Waals surface area contributed by atoms with Gasteiger partial charge in [0.05, 0.1) is 17.8 Å². The van der Waals surface area contributed by atoms with E-state index in [0.717, 1.165) is 5.56 Å². The highest BCUT2D eigenvalue weighted by Gasteiger charge is 2.41. The van der Waals surface area contributed by atoms with Gasteiger partial charge in [-0.2, -0.15) is 0 Å². The van der Waals surface area contributed by atoms with Gasteiger partial charge >= 0.3 is 5.97 Å². The average molecular weight is 353 g/mol. The van der Waals surface area contributed by atoms with Crippen LogP contribution >= 0.6 is 0 Å². The minimum Gasteiger partial charge on any atom is -0.478 e. The molecular weight excluding hydrogens is 334 g/mol. The van der Waals surface area contributed by atoms with Gasteiger partial charge in [-0.3, -0.25) is 14.5 Å². The molecule has 0 aromatic heterocycles. The molecule has 0 spiro atoms. The quantitative estimate of drug-likeness (QED) is 0.854. The fraction of sp³-hybridized carbons (Fsp3) is 0.250. The van der Waals surface area contributed by atoms with E-state index in [1.54, 1.807) is 26.0 Å². The molecule has 0 radical (unpaired) electrons. The maximum absolute atomic E-state index is 12.8. The Morgan fingerprint density at radius 3 is 2.31 bits per heavy atom. The van der Waals surface area contributed by atoms with Gasteiger partial charge in [-0.25, -0.2) is 4.79 Å².